The molecule has 3 atom stereocenters. The van der Waals surface area contributed by atoms with Gasteiger partial charge in [-0.15, -0.1) is 10.2 Å². The number of carbonyl (C=O) groups excluding carboxylic acids is 2. The van der Waals surface area contributed by atoms with Gasteiger partial charge in [-0.3, -0.25) is 9.59 Å². The molecule has 1 aliphatic carbocycles. The standard InChI is InChI=1S/C10H9ClN4O2/c11-5-1-2-6-7(3-5)9(17)15(8(6)16)10-12-4-13-14-10/h1,4,6-7,10H,2-3H2/t6-,7+,10+/m0/s1. The Labute approximate surface area is 102 Å². The maximum atomic E-state index is 12.1. The first-order valence-corrected chi connectivity index (χ1v) is 5.69. The lowest BCUT2D eigenvalue weighted by molar-refractivity contribution is -0.142. The van der Waals surface area contributed by atoms with Gasteiger partial charge in [-0.2, -0.15) is 0 Å². The summed E-state index contributed by atoms with van der Waals surface area (Å²) in [7, 11) is 0. The maximum absolute atomic E-state index is 12.1. The highest BCUT2D eigenvalue weighted by atomic mass is 35.5. The zero-order valence-electron chi connectivity index (χ0n) is 8.78. The summed E-state index contributed by atoms with van der Waals surface area (Å²) in [5.74, 6) is -1.13. The monoisotopic (exact) mass is 252 g/mol. The first kappa shape index (κ1) is 10.6. The fourth-order valence-electron chi connectivity index (χ4n) is 2.41. The molecule has 0 saturated carbocycles. The molecule has 2 aliphatic heterocycles. The summed E-state index contributed by atoms with van der Waals surface area (Å²) < 4.78 is 0. The highest BCUT2D eigenvalue weighted by Crippen LogP contribution is 2.40. The van der Waals surface area contributed by atoms with E-state index >= 15 is 0 Å². The first-order valence-electron chi connectivity index (χ1n) is 5.31. The lowest BCUT2D eigenvalue weighted by Crippen LogP contribution is -2.37. The molecule has 1 saturated heterocycles. The molecule has 0 aromatic rings. The molecule has 0 unspecified atom stereocenters. The lowest BCUT2D eigenvalue weighted by Gasteiger charge is -2.17. The Kier molecular flexibility index (Phi) is 2.32. The van der Waals surface area contributed by atoms with Crippen LogP contribution in [-0.4, -0.2) is 29.3 Å². The van der Waals surface area contributed by atoms with Crippen LogP contribution in [-0.2, 0) is 9.59 Å². The predicted molar refractivity (Wildman–Crippen MR) is 59.1 cm³/mol. The van der Waals surface area contributed by atoms with Gasteiger partial charge < -0.3 is 0 Å². The lowest BCUT2D eigenvalue weighted by atomic mass is 9.85. The fraction of sp³-hybridized carbons (Fsp3) is 0.500. The number of carbonyl (C=O) groups is 2. The molecule has 3 aliphatic rings. The van der Waals surface area contributed by atoms with Crippen molar-refractivity contribution < 1.29 is 9.59 Å². The molecule has 0 bridgehead atoms. The van der Waals surface area contributed by atoms with E-state index in [0.29, 0.717) is 17.9 Å². The van der Waals surface area contributed by atoms with Gasteiger partial charge in [0.15, 0.2) is 0 Å². The van der Waals surface area contributed by atoms with E-state index in [0.717, 1.165) is 4.90 Å². The number of likely N-dealkylation sites (tertiary alicyclic amines) is 1. The van der Waals surface area contributed by atoms with Gasteiger partial charge in [-0.05, 0) is 12.8 Å². The van der Waals surface area contributed by atoms with E-state index in [2.05, 4.69) is 15.2 Å². The Balaban J connectivity index is 1.90. The zero-order chi connectivity index (χ0) is 12.0. The van der Waals surface area contributed by atoms with Crippen molar-refractivity contribution in [1.29, 1.82) is 0 Å². The molecule has 3 rings (SSSR count). The first-order chi connectivity index (χ1) is 8.18. The summed E-state index contributed by atoms with van der Waals surface area (Å²) in [6.07, 6.45) is 3.19. The minimum Gasteiger partial charge on any atom is -0.274 e. The largest absolute Gasteiger partial charge is 0.274 e. The van der Waals surface area contributed by atoms with Gasteiger partial charge in [0.05, 0.1) is 11.8 Å². The molecule has 0 radical (unpaired) electrons. The summed E-state index contributed by atoms with van der Waals surface area (Å²) in [4.78, 5) is 29.2. The van der Waals surface area contributed by atoms with Crippen molar-refractivity contribution in [2.24, 2.45) is 27.1 Å². The Morgan fingerprint density at radius 3 is 2.76 bits per heavy atom. The van der Waals surface area contributed by atoms with Gasteiger partial charge in [0.25, 0.3) is 0 Å². The Morgan fingerprint density at radius 2 is 2.06 bits per heavy atom. The van der Waals surface area contributed by atoms with Gasteiger partial charge in [-0.25, -0.2) is 9.89 Å². The fourth-order valence-corrected chi connectivity index (χ4v) is 2.66. The van der Waals surface area contributed by atoms with Crippen molar-refractivity contribution in [3.8, 4) is 0 Å². The summed E-state index contributed by atoms with van der Waals surface area (Å²) in [6.45, 7) is 0. The van der Waals surface area contributed by atoms with Crippen molar-refractivity contribution >= 4 is 29.8 Å². The molecule has 0 aromatic carbocycles. The van der Waals surface area contributed by atoms with E-state index < -0.39 is 6.29 Å². The summed E-state index contributed by atoms with van der Waals surface area (Å²) in [6, 6.07) is 0. The van der Waals surface area contributed by atoms with Gasteiger partial charge >= 0.3 is 0 Å². The number of hydrogen-bond donors (Lipinski definition) is 0. The molecule has 1 fully saturated rings. The highest BCUT2D eigenvalue weighted by Gasteiger charge is 2.51. The number of aliphatic imine (C=N–C) groups is 1. The van der Waals surface area contributed by atoms with Crippen LogP contribution in [0.2, 0.25) is 0 Å². The molecule has 7 heteroatoms. The van der Waals surface area contributed by atoms with E-state index in [-0.39, 0.29) is 23.7 Å². The van der Waals surface area contributed by atoms with Crippen molar-refractivity contribution in [1.82, 2.24) is 4.90 Å². The Morgan fingerprint density at radius 1 is 1.29 bits per heavy atom. The van der Waals surface area contributed by atoms with Crippen molar-refractivity contribution in [2.45, 2.75) is 19.1 Å². The van der Waals surface area contributed by atoms with E-state index in [1.54, 1.807) is 6.08 Å². The third-order valence-electron chi connectivity index (χ3n) is 3.26. The van der Waals surface area contributed by atoms with E-state index in [1.165, 1.54) is 6.34 Å². The van der Waals surface area contributed by atoms with Crippen LogP contribution in [0.5, 0.6) is 0 Å². The van der Waals surface area contributed by atoms with E-state index in [9.17, 15) is 9.59 Å². The summed E-state index contributed by atoms with van der Waals surface area (Å²) in [5.41, 5.74) is 0. The number of azo groups is 1. The number of hydrogen-bond acceptors (Lipinski definition) is 5. The van der Waals surface area contributed by atoms with Crippen LogP contribution in [0, 0.1) is 11.8 Å². The molecule has 88 valence electrons. The molecule has 0 N–H and O–H groups in total. The third kappa shape index (κ3) is 1.51. The number of rotatable bonds is 1. The molecular weight excluding hydrogens is 244 g/mol. The van der Waals surface area contributed by atoms with Crippen LogP contribution < -0.4 is 0 Å². The number of imide groups is 1. The maximum Gasteiger partial charge on any atom is 0.246 e. The van der Waals surface area contributed by atoms with Gasteiger partial charge in [0.1, 0.15) is 6.34 Å². The van der Waals surface area contributed by atoms with Gasteiger partial charge in [0, 0.05) is 5.03 Å². The topological polar surface area (TPSA) is 74.5 Å². The number of allylic oxidation sites excluding steroid dienone is 2. The average Bonchev–Trinajstić information content (AvgIpc) is 2.88. The summed E-state index contributed by atoms with van der Waals surface area (Å²) >= 11 is 5.91. The van der Waals surface area contributed by atoms with Gasteiger partial charge in [0.2, 0.25) is 18.1 Å². The van der Waals surface area contributed by atoms with Crippen molar-refractivity contribution in [3.63, 3.8) is 0 Å². The third-order valence-corrected chi connectivity index (χ3v) is 3.56. The van der Waals surface area contributed by atoms with E-state index in [4.69, 9.17) is 11.6 Å². The van der Waals surface area contributed by atoms with Crippen LogP contribution in [0.3, 0.4) is 0 Å². The van der Waals surface area contributed by atoms with Crippen molar-refractivity contribution in [3.05, 3.63) is 11.1 Å². The number of halogens is 1. The van der Waals surface area contributed by atoms with Gasteiger partial charge in [-0.1, -0.05) is 17.7 Å². The Hall–Kier alpha value is -1.56. The zero-order valence-corrected chi connectivity index (χ0v) is 9.54. The van der Waals surface area contributed by atoms with Crippen LogP contribution in [0.4, 0.5) is 0 Å². The van der Waals surface area contributed by atoms with E-state index in [1.807, 2.05) is 0 Å². The number of fused-ring (bicyclic) bond motifs is 1. The number of amides is 2. The second kappa shape index (κ2) is 3.73. The number of nitrogens with zero attached hydrogens (tertiary/aromatic N) is 4. The average molecular weight is 253 g/mol. The highest BCUT2D eigenvalue weighted by molar-refractivity contribution is 6.30. The molecule has 2 amide bonds. The minimum atomic E-state index is -0.806. The van der Waals surface area contributed by atoms with Crippen LogP contribution in [0.15, 0.2) is 26.3 Å². The SMILES string of the molecule is O=C1[C@H]2CC=C(Cl)C[C@H]2C(=O)N1[C@@H]1N=CN=N1. The molecular formula is C10H9ClN4O2. The molecule has 17 heavy (non-hydrogen) atoms. The smallest absolute Gasteiger partial charge is 0.246 e. The predicted octanol–water partition coefficient (Wildman–Crippen LogP) is 1.28. The van der Waals surface area contributed by atoms with Crippen LogP contribution in [0.1, 0.15) is 12.8 Å². The molecule has 0 spiro atoms. The Bertz CT molecular complexity index is 473. The second-order valence-corrected chi connectivity index (χ2v) is 4.68. The summed E-state index contributed by atoms with van der Waals surface area (Å²) in [5, 5.41) is 7.94. The normalized spacial score (nSPS) is 35.5. The quantitative estimate of drug-likeness (QED) is 0.660. The van der Waals surface area contributed by atoms with Crippen LogP contribution in [0.25, 0.3) is 0 Å². The second-order valence-electron chi connectivity index (χ2n) is 4.19. The van der Waals surface area contributed by atoms with Crippen LogP contribution >= 0.6 is 11.6 Å². The minimum absolute atomic E-state index is 0.219. The van der Waals surface area contributed by atoms with Crippen molar-refractivity contribution in [2.75, 3.05) is 0 Å². The molecule has 2 heterocycles. The molecule has 6 nitrogen and oxygen atoms in total. The molecule has 0 aromatic heterocycles.